The molecule has 1 fully saturated rings. The molecule has 0 spiro atoms. The van der Waals surface area contributed by atoms with Gasteiger partial charge in [-0.25, -0.2) is 0 Å². The molecule has 0 amide bonds. The van der Waals surface area contributed by atoms with Gasteiger partial charge >= 0.3 is 0 Å². The van der Waals surface area contributed by atoms with Crippen molar-refractivity contribution in [2.75, 3.05) is 37.6 Å². The SMILES string of the molecule is CC(C)(N)CN1CCN(c2cccc(Cl)c2)CC1.Cl. The fraction of sp³-hybridized carbons (Fsp3) is 0.571. The smallest absolute Gasteiger partial charge is 0.0426 e. The molecule has 1 aromatic carbocycles. The Balaban J connectivity index is 0.00000180. The number of anilines is 1. The van der Waals surface area contributed by atoms with Gasteiger partial charge in [0.2, 0.25) is 0 Å². The molecular weight excluding hydrogens is 281 g/mol. The van der Waals surface area contributed by atoms with E-state index in [1.165, 1.54) is 5.69 Å². The third-order valence-corrected chi connectivity index (χ3v) is 3.41. The summed E-state index contributed by atoms with van der Waals surface area (Å²) in [6.45, 7) is 9.32. The lowest BCUT2D eigenvalue weighted by atomic mass is 10.1. The molecule has 1 aromatic rings. The predicted molar refractivity (Wildman–Crippen MR) is 85.6 cm³/mol. The first kappa shape index (κ1) is 16.6. The van der Waals surface area contributed by atoms with Crippen LogP contribution < -0.4 is 10.6 Å². The van der Waals surface area contributed by atoms with Crippen molar-refractivity contribution >= 4 is 29.7 Å². The molecule has 0 radical (unpaired) electrons. The van der Waals surface area contributed by atoms with Crippen molar-refractivity contribution in [3.05, 3.63) is 29.3 Å². The number of hydrogen-bond acceptors (Lipinski definition) is 3. The molecule has 0 bridgehead atoms. The molecule has 2 rings (SSSR count). The van der Waals surface area contributed by atoms with Crippen LogP contribution in [0, 0.1) is 0 Å². The molecule has 2 N–H and O–H groups in total. The molecule has 19 heavy (non-hydrogen) atoms. The third kappa shape index (κ3) is 5.19. The Hall–Kier alpha value is -0.480. The first-order chi connectivity index (χ1) is 8.44. The van der Waals surface area contributed by atoms with Crippen molar-refractivity contribution in [1.29, 1.82) is 0 Å². The molecule has 1 heterocycles. The van der Waals surface area contributed by atoms with Gasteiger partial charge in [-0.1, -0.05) is 17.7 Å². The van der Waals surface area contributed by atoms with Crippen molar-refractivity contribution in [3.8, 4) is 0 Å². The number of piperazine rings is 1. The Labute approximate surface area is 127 Å². The highest BCUT2D eigenvalue weighted by Gasteiger charge is 2.21. The lowest BCUT2D eigenvalue weighted by molar-refractivity contribution is 0.214. The van der Waals surface area contributed by atoms with Gasteiger partial charge in [-0.05, 0) is 32.0 Å². The van der Waals surface area contributed by atoms with E-state index in [1.54, 1.807) is 0 Å². The van der Waals surface area contributed by atoms with Crippen LogP contribution in [0.15, 0.2) is 24.3 Å². The zero-order chi connectivity index (χ0) is 13.2. The highest BCUT2D eigenvalue weighted by molar-refractivity contribution is 6.30. The van der Waals surface area contributed by atoms with E-state index in [2.05, 4.69) is 29.7 Å². The van der Waals surface area contributed by atoms with Crippen LogP contribution in [0.2, 0.25) is 5.02 Å². The summed E-state index contributed by atoms with van der Waals surface area (Å²) in [5.74, 6) is 0. The van der Waals surface area contributed by atoms with E-state index in [1.807, 2.05) is 18.2 Å². The van der Waals surface area contributed by atoms with Crippen molar-refractivity contribution < 1.29 is 0 Å². The maximum atomic E-state index is 6.06. The topological polar surface area (TPSA) is 32.5 Å². The van der Waals surface area contributed by atoms with Crippen LogP contribution >= 0.6 is 24.0 Å². The van der Waals surface area contributed by atoms with E-state index >= 15 is 0 Å². The van der Waals surface area contributed by atoms with Gasteiger partial charge in [0, 0.05) is 49.0 Å². The number of benzene rings is 1. The molecule has 1 saturated heterocycles. The molecule has 0 unspecified atom stereocenters. The summed E-state index contributed by atoms with van der Waals surface area (Å²) in [5, 5.41) is 0.804. The Bertz CT molecular complexity index is 396. The van der Waals surface area contributed by atoms with Crippen molar-refractivity contribution in [1.82, 2.24) is 4.90 Å². The fourth-order valence-corrected chi connectivity index (χ4v) is 2.60. The monoisotopic (exact) mass is 303 g/mol. The highest BCUT2D eigenvalue weighted by Crippen LogP contribution is 2.21. The van der Waals surface area contributed by atoms with E-state index in [9.17, 15) is 0 Å². The van der Waals surface area contributed by atoms with Crippen molar-refractivity contribution in [3.63, 3.8) is 0 Å². The van der Waals surface area contributed by atoms with Crippen LogP contribution in [0.3, 0.4) is 0 Å². The molecule has 0 atom stereocenters. The second-order valence-electron chi connectivity index (χ2n) is 5.73. The summed E-state index contributed by atoms with van der Waals surface area (Å²) in [6.07, 6.45) is 0. The van der Waals surface area contributed by atoms with Crippen LogP contribution in [-0.4, -0.2) is 43.2 Å². The maximum absolute atomic E-state index is 6.06. The van der Waals surface area contributed by atoms with Crippen molar-refractivity contribution in [2.45, 2.75) is 19.4 Å². The van der Waals surface area contributed by atoms with Gasteiger partial charge in [-0.3, -0.25) is 4.90 Å². The van der Waals surface area contributed by atoms with Crippen LogP contribution in [0.4, 0.5) is 5.69 Å². The first-order valence-corrected chi connectivity index (χ1v) is 6.84. The van der Waals surface area contributed by atoms with E-state index in [0.29, 0.717) is 0 Å². The van der Waals surface area contributed by atoms with Crippen LogP contribution in [0.1, 0.15) is 13.8 Å². The summed E-state index contributed by atoms with van der Waals surface area (Å²) in [5.41, 5.74) is 7.16. The molecular formula is C14H23Cl2N3. The Morgan fingerprint density at radius 2 is 1.84 bits per heavy atom. The van der Waals surface area contributed by atoms with Crippen LogP contribution in [-0.2, 0) is 0 Å². The Morgan fingerprint density at radius 1 is 1.21 bits per heavy atom. The van der Waals surface area contributed by atoms with Gasteiger partial charge in [0.15, 0.2) is 0 Å². The largest absolute Gasteiger partial charge is 0.369 e. The average Bonchev–Trinajstić information content (AvgIpc) is 2.28. The van der Waals surface area contributed by atoms with Gasteiger partial charge in [-0.2, -0.15) is 0 Å². The second-order valence-corrected chi connectivity index (χ2v) is 6.17. The average molecular weight is 304 g/mol. The summed E-state index contributed by atoms with van der Waals surface area (Å²) in [4.78, 5) is 4.81. The van der Waals surface area contributed by atoms with Crippen LogP contribution in [0.5, 0.6) is 0 Å². The number of nitrogens with zero attached hydrogens (tertiary/aromatic N) is 2. The van der Waals surface area contributed by atoms with Gasteiger partial charge in [0.05, 0.1) is 0 Å². The third-order valence-electron chi connectivity index (χ3n) is 3.18. The molecule has 1 aliphatic rings. The molecule has 1 aliphatic heterocycles. The number of halogens is 2. The highest BCUT2D eigenvalue weighted by atomic mass is 35.5. The number of nitrogens with two attached hydrogens (primary N) is 1. The standard InChI is InChI=1S/C14H22ClN3.ClH/c1-14(2,16)11-17-6-8-18(9-7-17)13-5-3-4-12(15)10-13;/h3-5,10H,6-9,11,16H2,1-2H3;1H. The molecule has 5 heteroatoms. The lowest BCUT2D eigenvalue weighted by Crippen LogP contribution is -2.53. The maximum Gasteiger partial charge on any atom is 0.0426 e. The zero-order valence-corrected chi connectivity index (χ0v) is 13.2. The molecule has 0 aliphatic carbocycles. The van der Waals surface area contributed by atoms with E-state index < -0.39 is 0 Å². The Kier molecular flexibility index (Phi) is 5.93. The predicted octanol–water partition coefficient (Wildman–Crippen LogP) is 2.62. The lowest BCUT2D eigenvalue weighted by Gasteiger charge is -2.38. The zero-order valence-electron chi connectivity index (χ0n) is 11.6. The first-order valence-electron chi connectivity index (χ1n) is 6.46. The Morgan fingerprint density at radius 3 is 2.37 bits per heavy atom. The number of hydrogen-bond donors (Lipinski definition) is 1. The second kappa shape index (κ2) is 6.80. The minimum absolute atomic E-state index is 0. The summed E-state index contributed by atoms with van der Waals surface area (Å²) >= 11 is 6.03. The molecule has 0 saturated carbocycles. The van der Waals surface area contributed by atoms with E-state index in [0.717, 1.165) is 37.7 Å². The van der Waals surface area contributed by atoms with Crippen LogP contribution in [0.25, 0.3) is 0 Å². The summed E-state index contributed by atoms with van der Waals surface area (Å²) < 4.78 is 0. The van der Waals surface area contributed by atoms with Gasteiger partial charge in [-0.15, -0.1) is 12.4 Å². The minimum Gasteiger partial charge on any atom is -0.369 e. The number of rotatable bonds is 3. The minimum atomic E-state index is -0.113. The van der Waals surface area contributed by atoms with Gasteiger partial charge in [0.25, 0.3) is 0 Å². The van der Waals surface area contributed by atoms with Crippen molar-refractivity contribution in [2.24, 2.45) is 5.73 Å². The normalized spacial score (nSPS) is 17.2. The molecule has 3 nitrogen and oxygen atoms in total. The van der Waals surface area contributed by atoms with E-state index in [4.69, 9.17) is 17.3 Å². The summed E-state index contributed by atoms with van der Waals surface area (Å²) in [6, 6.07) is 8.07. The molecule has 108 valence electrons. The fourth-order valence-electron chi connectivity index (χ4n) is 2.41. The summed E-state index contributed by atoms with van der Waals surface area (Å²) in [7, 11) is 0. The quantitative estimate of drug-likeness (QED) is 0.932. The molecule has 0 aromatic heterocycles. The van der Waals surface area contributed by atoms with E-state index in [-0.39, 0.29) is 17.9 Å². The van der Waals surface area contributed by atoms with Gasteiger partial charge < -0.3 is 10.6 Å². The van der Waals surface area contributed by atoms with Gasteiger partial charge in [0.1, 0.15) is 0 Å².